The zero-order valence-electron chi connectivity index (χ0n) is 12.8. The highest BCUT2D eigenvalue weighted by atomic mass is 35.5. The number of amides is 1. The molecule has 1 atom stereocenters. The van der Waals surface area contributed by atoms with E-state index in [0.717, 1.165) is 5.56 Å². The molecular formula is C16H19ClN2O3. The van der Waals surface area contributed by atoms with Crippen LogP contribution in [0.5, 0.6) is 0 Å². The molecular weight excluding hydrogens is 304 g/mol. The molecule has 0 saturated heterocycles. The van der Waals surface area contributed by atoms with Crippen molar-refractivity contribution in [3.05, 3.63) is 41.1 Å². The van der Waals surface area contributed by atoms with Crippen LogP contribution >= 0.6 is 11.6 Å². The molecule has 0 saturated carbocycles. The highest BCUT2D eigenvalue weighted by molar-refractivity contribution is 6.30. The molecule has 0 bridgehead atoms. The summed E-state index contributed by atoms with van der Waals surface area (Å²) in [5, 5.41) is 17.4. The second kappa shape index (κ2) is 6.50. The number of aliphatic hydroxyl groups is 1. The van der Waals surface area contributed by atoms with Gasteiger partial charge >= 0.3 is 0 Å². The second-order valence-corrected chi connectivity index (χ2v) is 6.21. The largest absolute Gasteiger partial charge is 0.388 e. The maximum Gasteiger partial charge on any atom is 0.256 e. The highest BCUT2D eigenvalue weighted by Crippen LogP contribution is 2.24. The molecule has 2 aromatic rings. The Labute approximate surface area is 134 Å². The minimum atomic E-state index is -0.979. The van der Waals surface area contributed by atoms with Crippen molar-refractivity contribution >= 4 is 17.5 Å². The van der Waals surface area contributed by atoms with Crippen LogP contribution in [0.1, 0.15) is 31.1 Å². The number of nitrogens with one attached hydrogen (secondary N) is 1. The van der Waals surface area contributed by atoms with Gasteiger partial charge in [-0.15, -0.1) is 0 Å². The van der Waals surface area contributed by atoms with Gasteiger partial charge in [-0.05, 0) is 25.0 Å². The molecule has 1 amide bonds. The van der Waals surface area contributed by atoms with Gasteiger partial charge in [-0.2, -0.15) is 0 Å². The number of halogens is 1. The predicted octanol–water partition coefficient (Wildman–Crippen LogP) is 3.13. The van der Waals surface area contributed by atoms with Gasteiger partial charge in [0.2, 0.25) is 0 Å². The Morgan fingerprint density at radius 1 is 1.41 bits per heavy atom. The molecule has 0 spiro atoms. The lowest BCUT2D eigenvalue weighted by Gasteiger charge is -2.27. The number of carbonyl (C=O) groups excluding carboxylic acids is 1. The lowest BCUT2D eigenvalue weighted by atomic mass is 9.92. The van der Waals surface area contributed by atoms with Gasteiger partial charge in [0, 0.05) is 17.1 Å². The Balaban J connectivity index is 2.15. The fourth-order valence-electron chi connectivity index (χ4n) is 1.77. The number of rotatable bonds is 5. The molecule has 1 aromatic carbocycles. The average Bonchev–Trinajstić information content (AvgIpc) is 2.95. The maximum atomic E-state index is 12.3. The van der Waals surface area contributed by atoms with Gasteiger partial charge in [-0.25, -0.2) is 0 Å². The van der Waals surface area contributed by atoms with Crippen LogP contribution in [0.25, 0.3) is 11.3 Å². The Bertz CT molecular complexity index is 648. The van der Waals surface area contributed by atoms with Gasteiger partial charge in [0.05, 0.1) is 5.60 Å². The van der Waals surface area contributed by atoms with Gasteiger partial charge < -0.3 is 14.9 Å². The molecule has 2 rings (SSSR count). The fourth-order valence-corrected chi connectivity index (χ4v) is 1.90. The van der Waals surface area contributed by atoms with Crippen molar-refractivity contribution < 1.29 is 14.4 Å². The van der Waals surface area contributed by atoms with E-state index in [0.29, 0.717) is 16.3 Å². The molecule has 0 aliphatic carbocycles. The average molecular weight is 323 g/mol. The number of hydrogen-bond acceptors (Lipinski definition) is 4. The smallest absolute Gasteiger partial charge is 0.256 e. The van der Waals surface area contributed by atoms with E-state index in [1.54, 1.807) is 31.2 Å². The molecule has 1 aromatic heterocycles. The maximum absolute atomic E-state index is 12.3. The normalized spacial score (nSPS) is 13.9. The SMILES string of the molecule is CC(C)C(C)(O)CNC(=O)c1conc1-c1ccc(Cl)cc1. The summed E-state index contributed by atoms with van der Waals surface area (Å²) >= 11 is 5.85. The minimum absolute atomic E-state index is 0.0195. The van der Waals surface area contributed by atoms with Crippen LogP contribution in [-0.2, 0) is 0 Å². The molecule has 5 nitrogen and oxygen atoms in total. The van der Waals surface area contributed by atoms with Crippen molar-refractivity contribution in [1.29, 1.82) is 0 Å². The molecule has 0 fully saturated rings. The first kappa shape index (κ1) is 16.5. The van der Waals surface area contributed by atoms with Crippen LogP contribution in [0.15, 0.2) is 35.1 Å². The Hall–Kier alpha value is -1.85. The van der Waals surface area contributed by atoms with Gasteiger partial charge in [-0.1, -0.05) is 42.7 Å². The third-order valence-corrected chi connectivity index (χ3v) is 4.03. The van der Waals surface area contributed by atoms with Crippen molar-refractivity contribution in [2.24, 2.45) is 5.92 Å². The number of carbonyl (C=O) groups is 1. The molecule has 1 heterocycles. The molecule has 0 radical (unpaired) electrons. The quantitative estimate of drug-likeness (QED) is 0.886. The van der Waals surface area contributed by atoms with E-state index >= 15 is 0 Å². The lowest BCUT2D eigenvalue weighted by molar-refractivity contribution is 0.0142. The lowest BCUT2D eigenvalue weighted by Crippen LogP contribution is -2.44. The summed E-state index contributed by atoms with van der Waals surface area (Å²) in [4.78, 5) is 12.3. The van der Waals surface area contributed by atoms with E-state index in [1.807, 2.05) is 13.8 Å². The van der Waals surface area contributed by atoms with Crippen LogP contribution in [-0.4, -0.2) is 28.3 Å². The van der Waals surface area contributed by atoms with Gasteiger partial charge in [-0.3, -0.25) is 4.79 Å². The van der Waals surface area contributed by atoms with Crippen molar-refractivity contribution in [3.8, 4) is 11.3 Å². The Morgan fingerprint density at radius 2 is 2.05 bits per heavy atom. The zero-order chi connectivity index (χ0) is 16.3. The summed E-state index contributed by atoms with van der Waals surface area (Å²) in [5.74, 6) is -0.321. The Morgan fingerprint density at radius 3 is 2.64 bits per heavy atom. The number of aromatic nitrogens is 1. The van der Waals surface area contributed by atoms with E-state index in [4.69, 9.17) is 16.1 Å². The molecule has 1 unspecified atom stereocenters. The molecule has 0 aliphatic rings. The molecule has 2 N–H and O–H groups in total. The van der Waals surface area contributed by atoms with E-state index in [2.05, 4.69) is 10.5 Å². The summed E-state index contributed by atoms with van der Waals surface area (Å²) in [6.45, 7) is 5.62. The molecule has 118 valence electrons. The van der Waals surface area contributed by atoms with E-state index in [-0.39, 0.29) is 18.4 Å². The number of hydrogen-bond donors (Lipinski definition) is 2. The fraction of sp³-hybridized carbons (Fsp3) is 0.375. The zero-order valence-corrected chi connectivity index (χ0v) is 13.5. The van der Waals surface area contributed by atoms with Crippen LogP contribution in [0.4, 0.5) is 0 Å². The van der Waals surface area contributed by atoms with Crippen molar-refractivity contribution in [1.82, 2.24) is 10.5 Å². The summed E-state index contributed by atoms with van der Waals surface area (Å²) < 4.78 is 4.92. The minimum Gasteiger partial charge on any atom is -0.388 e. The number of benzene rings is 1. The third-order valence-electron chi connectivity index (χ3n) is 3.78. The van der Waals surface area contributed by atoms with E-state index in [1.165, 1.54) is 6.26 Å². The topological polar surface area (TPSA) is 75.4 Å². The van der Waals surface area contributed by atoms with Crippen LogP contribution in [0.2, 0.25) is 5.02 Å². The molecule has 6 heteroatoms. The van der Waals surface area contributed by atoms with Crippen molar-refractivity contribution in [2.75, 3.05) is 6.54 Å². The second-order valence-electron chi connectivity index (χ2n) is 5.78. The molecule has 22 heavy (non-hydrogen) atoms. The van der Waals surface area contributed by atoms with E-state index in [9.17, 15) is 9.90 Å². The van der Waals surface area contributed by atoms with Gasteiger partial charge in [0.25, 0.3) is 5.91 Å². The monoisotopic (exact) mass is 322 g/mol. The summed E-state index contributed by atoms with van der Waals surface area (Å²) in [5.41, 5.74) is 0.520. The standard InChI is InChI=1S/C16H19ClN2O3/c1-10(2)16(3,21)9-18-15(20)13-8-22-19-14(13)11-4-6-12(17)7-5-11/h4-8,10,21H,9H2,1-3H3,(H,18,20). The first-order valence-electron chi connectivity index (χ1n) is 7.02. The summed E-state index contributed by atoms with van der Waals surface area (Å²) in [6, 6.07) is 6.97. The van der Waals surface area contributed by atoms with Crippen LogP contribution in [0, 0.1) is 5.92 Å². The molecule has 0 aliphatic heterocycles. The highest BCUT2D eigenvalue weighted by Gasteiger charge is 2.26. The van der Waals surface area contributed by atoms with Crippen molar-refractivity contribution in [3.63, 3.8) is 0 Å². The van der Waals surface area contributed by atoms with Crippen molar-refractivity contribution in [2.45, 2.75) is 26.4 Å². The van der Waals surface area contributed by atoms with Gasteiger partial charge in [0.15, 0.2) is 0 Å². The first-order valence-corrected chi connectivity index (χ1v) is 7.40. The number of nitrogens with zero attached hydrogens (tertiary/aromatic N) is 1. The summed E-state index contributed by atoms with van der Waals surface area (Å²) in [6.07, 6.45) is 1.30. The third kappa shape index (κ3) is 3.67. The summed E-state index contributed by atoms with van der Waals surface area (Å²) in [7, 11) is 0. The predicted molar refractivity (Wildman–Crippen MR) is 84.7 cm³/mol. The van der Waals surface area contributed by atoms with Crippen LogP contribution < -0.4 is 5.32 Å². The van der Waals surface area contributed by atoms with Gasteiger partial charge in [0.1, 0.15) is 17.5 Å². The van der Waals surface area contributed by atoms with E-state index < -0.39 is 5.60 Å². The first-order chi connectivity index (χ1) is 10.3. The van der Waals surface area contributed by atoms with Crippen LogP contribution in [0.3, 0.4) is 0 Å². The Kier molecular flexibility index (Phi) is 4.88.